The third kappa shape index (κ3) is 5.85. The molecule has 1 amide bonds. The molecular formula is C26H28ClF3N4O7. The van der Waals surface area contributed by atoms with Crippen molar-refractivity contribution in [1.82, 2.24) is 19.9 Å². The van der Waals surface area contributed by atoms with Crippen LogP contribution in [0.4, 0.5) is 13.2 Å². The van der Waals surface area contributed by atoms with Crippen molar-refractivity contribution in [3.05, 3.63) is 58.9 Å². The molecule has 3 aromatic rings. The predicted octanol–water partition coefficient (Wildman–Crippen LogP) is 1.96. The Balaban J connectivity index is 1.46. The second-order valence-electron chi connectivity index (χ2n) is 10.2. The number of hydrogen-bond acceptors (Lipinski definition) is 9. The Morgan fingerprint density at radius 2 is 1.80 bits per heavy atom. The van der Waals surface area contributed by atoms with Crippen LogP contribution in [0, 0.1) is 17.5 Å². The van der Waals surface area contributed by atoms with Crippen molar-refractivity contribution in [2.75, 3.05) is 6.61 Å². The molecule has 41 heavy (non-hydrogen) atoms. The van der Waals surface area contributed by atoms with E-state index >= 15 is 0 Å². The highest BCUT2D eigenvalue weighted by Crippen LogP contribution is 2.34. The number of aliphatic hydroxyl groups excluding tert-OH is 4. The number of aliphatic hydroxyl groups is 4. The van der Waals surface area contributed by atoms with E-state index in [-0.39, 0.29) is 23.0 Å². The van der Waals surface area contributed by atoms with Crippen molar-refractivity contribution in [3.63, 3.8) is 0 Å². The van der Waals surface area contributed by atoms with Gasteiger partial charge >= 0.3 is 0 Å². The number of furan rings is 1. The third-order valence-corrected chi connectivity index (χ3v) is 7.77. The zero-order valence-corrected chi connectivity index (χ0v) is 22.2. The Bertz CT molecular complexity index is 1370. The number of benzene rings is 1. The summed E-state index contributed by atoms with van der Waals surface area (Å²) in [5.74, 6) is -4.98. The minimum absolute atomic E-state index is 0.0944. The summed E-state index contributed by atoms with van der Waals surface area (Å²) in [7, 11) is 0. The molecule has 1 aliphatic heterocycles. The van der Waals surface area contributed by atoms with E-state index in [9.17, 15) is 38.4 Å². The third-order valence-electron chi connectivity index (χ3n) is 7.56. The quantitative estimate of drug-likeness (QED) is 0.298. The molecule has 3 heterocycles. The maximum Gasteiger partial charge on any atom is 0.255 e. The van der Waals surface area contributed by atoms with E-state index in [0.29, 0.717) is 30.7 Å². The molecule has 0 bridgehead atoms. The summed E-state index contributed by atoms with van der Waals surface area (Å²) in [5.41, 5.74) is -0.275. The van der Waals surface area contributed by atoms with Gasteiger partial charge in [-0.15, -0.1) is 5.10 Å². The number of ether oxygens (including phenoxy) is 1. The van der Waals surface area contributed by atoms with Gasteiger partial charge in [-0.3, -0.25) is 4.79 Å². The van der Waals surface area contributed by atoms with Gasteiger partial charge in [-0.1, -0.05) is 18.1 Å². The molecule has 1 saturated carbocycles. The van der Waals surface area contributed by atoms with Crippen molar-refractivity contribution < 1.29 is 47.5 Å². The molecule has 2 aromatic heterocycles. The second-order valence-corrected chi connectivity index (χ2v) is 10.6. The van der Waals surface area contributed by atoms with Crippen molar-refractivity contribution in [2.24, 2.45) is 0 Å². The van der Waals surface area contributed by atoms with Gasteiger partial charge in [0.25, 0.3) is 5.91 Å². The van der Waals surface area contributed by atoms with Crippen LogP contribution in [-0.4, -0.2) is 89.4 Å². The van der Waals surface area contributed by atoms with Crippen LogP contribution in [0.1, 0.15) is 37.5 Å². The maximum atomic E-state index is 14.0. The minimum atomic E-state index is -1.75. The van der Waals surface area contributed by atoms with E-state index in [1.165, 1.54) is 11.0 Å². The molecule has 1 saturated heterocycles. The van der Waals surface area contributed by atoms with Crippen molar-refractivity contribution in [1.29, 1.82) is 0 Å². The van der Waals surface area contributed by atoms with Crippen LogP contribution in [0.2, 0.25) is 5.22 Å². The Morgan fingerprint density at radius 3 is 2.44 bits per heavy atom. The van der Waals surface area contributed by atoms with E-state index < -0.39 is 72.6 Å². The van der Waals surface area contributed by atoms with Gasteiger partial charge < -0.3 is 34.5 Å². The first-order valence-electron chi connectivity index (χ1n) is 13.0. The van der Waals surface area contributed by atoms with E-state index in [1.54, 1.807) is 6.07 Å². The van der Waals surface area contributed by atoms with Crippen LogP contribution >= 0.6 is 11.6 Å². The first kappa shape index (κ1) is 29.5. The first-order chi connectivity index (χ1) is 19.6. The number of aromatic nitrogens is 3. The Kier molecular flexibility index (Phi) is 8.68. The summed E-state index contributed by atoms with van der Waals surface area (Å²) in [4.78, 5) is 15.3. The first-order valence-corrected chi connectivity index (χ1v) is 13.4. The van der Waals surface area contributed by atoms with Gasteiger partial charge in [0.1, 0.15) is 35.8 Å². The number of rotatable bonds is 7. The average molecular weight is 601 g/mol. The summed E-state index contributed by atoms with van der Waals surface area (Å²) in [5, 5.41) is 50.7. The van der Waals surface area contributed by atoms with E-state index in [1.807, 2.05) is 0 Å². The fraction of sp³-hybridized carbons (Fsp3) is 0.500. The van der Waals surface area contributed by atoms with Gasteiger partial charge in [0, 0.05) is 5.56 Å². The van der Waals surface area contributed by atoms with Gasteiger partial charge in [0.15, 0.2) is 28.8 Å². The fourth-order valence-corrected chi connectivity index (χ4v) is 5.62. The zero-order valence-electron chi connectivity index (χ0n) is 21.5. The predicted molar refractivity (Wildman–Crippen MR) is 135 cm³/mol. The Morgan fingerprint density at radius 1 is 1.10 bits per heavy atom. The highest BCUT2D eigenvalue weighted by molar-refractivity contribution is 6.28. The van der Waals surface area contributed by atoms with Crippen LogP contribution in [0.5, 0.6) is 0 Å². The SMILES string of the molecule is O=C([C@@H]1O[C@H](CO)[C@H](O)[C@H](n2cc(-c3cc(F)c(F)c(F)c3)nn2)[C@H]1O)N(Cc1ccc(Cl)o1)[C@H]1CCCC[C@@H]1O. The lowest BCUT2D eigenvalue weighted by atomic mass is 9.88. The van der Waals surface area contributed by atoms with Crippen molar-refractivity contribution >= 4 is 17.5 Å². The lowest BCUT2D eigenvalue weighted by molar-refractivity contribution is -0.214. The maximum absolute atomic E-state index is 14.0. The van der Waals surface area contributed by atoms with Gasteiger partial charge in [-0.2, -0.15) is 0 Å². The summed E-state index contributed by atoms with van der Waals surface area (Å²) in [6.45, 7) is -0.837. The number of carbonyl (C=O) groups is 1. The van der Waals surface area contributed by atoms with Crippen molar-refractivity contribution in [2.45, 2.75) is 74.8 Å². The van der Waals surface area contributed by atoms with Gasteiger partial charge in [-0.25, -0.2) is 17.9 Å². The summed E-state index contributed by atoms with van der Waals surface area (Å²) in [6, 6.07) is 2.44. The van der Waals surface area contributed by atoms with Crippen molar-refractivity contribution in [3.8, 4) is 11.3 Å². The van der Waals surface area contributed by atoms with Crippen LogP contribution in [0.25, 0.3) is 11.3 Å². The molecule has 5 rings (SSSR count). The molecule has 0 radical (unpaired) electrons. The average Bonchev–Trinajstić information content (AvgIpc) is 3.60. The molecular weight excluding hydrogens is 573 g/mol. The van der Waals surface area contributed by atoms with Crippen LogP contribution in [0.15, 0.2) is 34.9 Å². The number of hydrogen-bond donors (Lipinski definition) is 4. The molecule has 2 fully saturated rings. The Labute approximate surface area is 236 Å². The molecule has 11 nitrogen and oxygen atoms in total. The fourth-order valence-electron chi connectivity index (χ4n) is 5.46. The summed E-state index contributed by atoms with van der Waals surface area (Å²) >= 11 is 5.91. The standard InChI is InChI=1S/C26H28ClF3N4O7/c27-20-6-5-13(40-20)9-33(17-3-1-2-4-18(17)36)26(39)25-24(38)22(23(37)19(11-35)41-25)34-10-16(31-32-34)12-7-14(28)21(30)15(29)8-12/h5-8,10,17-19,22-25,35-38H,1-4,9,11H2/t17-,18-,19+,22-,23-,24+,25+/m0/s1. The largest absolute Gasteiger partial charge is 0.448 e. The molecule has 1 aromatic carbocycles. The lowest BCUT2D eigenvalue weighted by Gasteiger charge is -2.45. The normalized spacial score (nSPS) is 28.5. The van der Waals surface area contributed by atoms with Gasteiger partial charge in [0.2, 0.25) is 0 Å². The minimum Gasteiger partial charge on any atom is -0.448 e. The molecule has 15 heteroatoms. The monoisotopic (exact) mass is 600 g/mol. The molecule has 0 unspecified atom stereocenters. The molecule has 222 valence electrons. The van der Waals surface area contributed by atoms with Gasteiger partial charge in [-0.05, 0) is 48.7 Å². The second kappa shape index (κ2) is 12.1. The van der Waals surface area contributed by atoms with E-state index in [0.717, 1.165) is 23.7 Å². The van der Waals surface area contributed by atoms with E-state index in [4.69, 9.17) is 20.8 Å². The van der Waals surface area contributed by atoms with E-state index in [2.05, 4.69) is 10.3 Å². The summed E-state index contributed by atoms with van der Waals surface area (Å²) in [6.07, 6.45) is -3.59. The van der Waals surface area contributed by atoms with Crippen LogP contribution in [0.3, 0.4) is 0 Å². The number of nitrogens with zero attached hydrogens (tertiary/aromatic N) is 4. The highest BCUT2D eigenvalue weighted by atomic mass is 35.5. The van der Waals surface area contributed by atoms with Crippen LogP contribution in [-0.2, 0) is 16.1 Å². The lowest BCUT2D eigenvalue weighted by Crippen LogP contribution is -2.62. The number of carbonyl (C=O) groups excluding carboxylic acids is 1. The number of amides is 1. The topological polar surface area (TPSA) is 154 Å². The zero-order chi connectivity index (χ0) is 29.4. The molecule has 4 N–H and O–H groups in total. The Hall–Kier alpha value is -3.01. The summed E-state index contributed by atoms with van der Waals surface area (Å²) < 4.78 is 53.1. The number of halogens is 4. The molecule has 0 spiro atoms. The van der Waals surface area contributed by atoms with Crippen LogP contribution < -0.4 is 0 Å². The van der Waals surface area contributed by atoms with Gasteiger partial charge in [0.05, 0.1) is 31.5 Å². The molecule has 1 aliphatic carbocycles. The smallest absolute Gasteiger partial charge is 0.255 e. The molecule has 2 aliphatic rings. The highest BCUT2D eigenvalue weighted by Gasteiger charge is 2.51. The molecule has 7 atom stereocenters.